The molecule has 0 N–H and O–H groups in total. The number of fused-ring (bicyclic) bond motifs is 1. The quantitative estimate of drug-likeness (QED) is 0.605. The maximum absolute atomic E-state index is 4.65. The van der Waals surface area contributed by atoms with E-state index in [1.54, 1.807) is 11.3 Å². The molecular weight excluding hydrogens is 226 g/mol. The van der Waals surface area contributed by atoms with Crippen molar-refractivity contribution in [3.63, 3.8) is 0 Å². The van der Waals surface area contributed by atoms with Crippen molar-refractivity contribution in [2.24, 2.45) is 0 Å². The number of rotatable bonds is 1. The molecular formula is C15H13NS. The van der Waals surface area contributed by atoms with Crippen molar-refractivity contribution in [1.29, 1.82) is 0 Å². The highest BCUT2D eigenvalue weighted by atomic mass is 32.1. The van der Waals surface area contributed by atoms with Crippen LogP contribution in [0.15, 0.2) is 42.5 Å². The normalized spacial score (nSPS) is 10.9. The van der Waals surface area contributed by atoms with Crippen LogP contribution < -0.4 is 0 Å². The number of aryl methyl sites for hydroxylation is 2. The third kappa shape index (κ3) is 1.75. The van der Waals surface area contributed by atoms with Gasteiger partial charge in [-0.2, -0.15) is 0 Å². The van der Waals surface area contributed by atoms with Crippen LogP contribution in [0.25, 0.3) is 21.3 Å². The largest absolute Gasteiger partial charge is 0.241 e. The minimum absolute atomic E-state index is 1.12. The van der Waals surface area contributed by atoms with Gasteiger partial charge in [0.2, 0.25) is 0 Å². The Morgan fingerprint density at radius 2 is 1.71 bits per heavy atom. The van der Waals surface area contributed by atoms with Crippen molar-refractivity contribution in [2.75, 3.05) is 0 Å². The molecule has 0 saturated heterocycles. The lowest BCUT2D eigenvalue weighted by Gasteiger charge is -2.02. The van der Waals surface area contributed by atoms with Crippen LogP contribution in [0.1, 0.15) is 10.6 Å². The summed E-state index contributed by atoms with van der Waals surface area (Å²) in [6, 6.07) is 14.9. The average molecular weight is 239 g/mol. The molecule has 2 heteroatoms. The summed E-state index contributed by atoms with van der Waals surface area (Å²) in [5.74, 6) is 0. The second-order valence-electron chi connectivity index (χ2n) is 4.19. The highest BCUT2D eigenvalue weighted by molar-refractivity contribution is 7.15. The maximum atomic E-state index is 4.65. The van der Waals surface area contributed by atoms with E-state index in [-0.39, 0.29) is 0 Å². The van der Waals surface area contributed by atoms with E-state index in [1.807, 2.05) is 0 Å². The summed E-state index contributed by atoms with van der Waals surface area (Å²) in [6.45, 7) is 4.20. The standard InChI is InChI=1S/C15H13NS/c1-10-11(2)17-15(16-10)14-9-5-7-12-6-3-4-8-13(12)14/h3-9H,1-2H3. The van der Waals surface area contributed by atoms with Crippen molar-refractivity contribution < 1.29 is 0 Å². The lowest BCUT2D eigenvalue weighted by Crippen LogP contribution is -1.80. The highest BCUT2D eigenvalue weighted by Gasteiger charge is 2.08. The van der Waals surface area contributed by atoms with E-state index in [2.05, 4.69) is 61.3 Å². The Morgan fingerprint density at radius 3 is 2.47 bits per heavy atom. The Kier molecular flexibility index (Phi) is 2.45. The van der Waals surface area contributed by atoms with Gasteiger partial charge < -0.3 is 0 Å². The molecule has 2 aromatic carbocycles. The molecule has 84 valence electrons. The third-order valence-corrected chi connectivity index (χ3v) is 4.15. The molecule has 0 spiro atoms. The maximum Gasteiger partial charge on any atom is 0.124 e. The number of thiazole rings is 1. The fraction of sp³-hybridized carbons (Fsp3) is 0.133. The number of nitrogens with zero attached hydrogens (tertiary/aromatic N) is 1. The molecule has 1 nitrogen and oxygen atoms in total. The molecule has 0 aliphatic rings. The Hall–Kier alpha value is -1.67. The van der Waals surface area contributed by atoms with Crippen LogP contribution in [-0.2, 0) is 0 Å². The average Bonchev–Trinajstić information content (AvgIpc) is 2.69. The molecule has 1 heterocycles. The summed E-state index contributed by atoms with van der Waals surface area (Å²) < 4.78 is 0. The number of hydrogen-bond donors (Lipinski definition) is 0. The van der Waals surface area contributed by atoms with Gasteiger partial charge in [0.1, 0.15) is 5.01 Å². The van der Waals surface area contributed by atoms with Crippen LogP contribution >= 0.6 is 11.3 Å². The van der Waals surface area contributed by atoms with Crippen LogP contribution in [0.5, 0.6) is 0 Å². The number of aromatic nitrogens is 1. The predicted molar refractivity (Wildman–Crippen MR) is 74.5 cm³/mol. The lowest BCUT2D eigenvalue weighted by atomic mass is 10.1. The van der Waals surface area contributed by atoms with Crippen molar-refractivity contribution in [2.45, 2.75) is 13.8 Å². The van der Waals surface area contributed by atoms with Gasteiger partial charge in [0.05, 0.1) is 5.69 Å². The van der Waals surface area contributed by atoms with Crippen molar-refractivity contribution >= 4 is 22.1 Å². The van der Waals surface area contributed by atoms with Crippen molar-refractivity contribution in [1.82, 2.24) is 4.98 Å². The zero-order chi connectivity index (χ0) is 11.8. The van der Waals surface area contributed by atoms with Crippen molar-refractivity contribution in [3.8, 4) is 10.6 Å². The van der Waals surface area contributed by atoms with E-state index >= 15 is 0 Å². The van der Waals surface area contributed by atoms with Gasteiger partial charge >= 0.3 is 0 Å². The van der Waals surface area contributed by atoms with Gasteiger partial charge in [0.25, 0.3) is 0 Å². The molecule has 17 heavy (non-hydrogen) atoms. The summed E-state index contributed by atoms with van der Waals surface area (Å²) in [5, 5.41) is 3.68. The molecule has 0 bridgehead atoms. The first kappa shape index (κ1) is 10.5. The van der Waals surface area contributed by atoms with Crippen molar-refractivity contribution in [3.05, 3.63) is 53.0 Å². The Balaban J connectivity index is 2.30. The van der Waals surface area contributed by atoms with Crippen LogP contribution in [0.3, 0.4) is 0 Å². The van der Waals surface area contributed by atoms with Crippen LogP contribution in [0, 0.1) is 13.8 Å². The fourth-order valence-electron chi connectivity index (χ4n) is 2.00. The molecule has 0 amide bonds. The zero-order valence-corrected chi connectivity index (χ0v) is 10.7. The van der Waals surface area contributed by atoms with Crippen LogP contribution in [0.4, 0.5) is 0 Å². The Bertz CT molecular complexity index is 657. The molecule has 0 saturated carbocycles. The zero-order valence-electron chi connectivity index (χ0n) is 9.90. The smallest absolute Gasteiger partial charge is 0.124 e. The molecule has 0 unspecified atom stereocenters. The van der Waals surface area contributed by atoms with E-state index in [1.165, 1.54) is 21.2 Å². The van der Waals surface area contributed by atoms with Gasteiger partial charge in [0, 0.05) is 10.4 Å². The molecule has 0 radical (unpaired) electrons. The summed E-state index contributed by atoms with van der Waals surface area (Å²) in [7, 11) is 0. The molecule has 1 aromatic heterocycles. The van der Waals surface area contributed by atoms with E-state index in [9.17, 15) is 0 Å². The number of hydrogen-bond acceptors (Lipinski definition) is 2. The minimum Gasteiger partial charge on any atom is -0.241 e. The minimum atomic E-state index is 1.12. The summed E-state index contributed by atoms with van der Waals surface area (Å²) in [4.78, 5) is 5.95. The van der Waals surface area contributed by atoms with E-state index in [0.717, 1.165) is 10.7 Å². The molecule has 0 atom stereocenters. The highest BCUT2D eigenvalue weighted by Crippen LogP contribution is 2.32. The van der Waals surface area contributed by atoms with Crippen LogP contribution in [0.2, 0.25) is 0 Å². The SMILES string of the molecule is Cc1nc(-c2cccc3ccccc23)sc1C. The first-order valence-corrected chi connectivity index (χ1v) is 6.49. The third-order valence-electron chi connectivity index (χ3n) is 3.05. The molecule has 0 aliphatic carbocycles. The lowest BCUT2D eigenvalue weighted by molar-refractivity contribution is 1.23. The van der Waals surface area contributed by atoms with Gasteiger partial charge in [-0.3, -0.25) is 0 Å². The second kappa shape index (κ2) is 3.97. The Labute approximate surface area is 105 Å². The Morgan fingerprint density at radius 1 is 0.941 bits per heavy atom. The van der Waals surface area contributed by atoms with E-state index < -0.39 is 0 Å². The van der Waals surface area contributed by atoms with E-state index in [4.69, 9.17) is 0 Å². The summed E-state index contributed by atoms with van der Waals surface area (Å²) in [5.41, 5.74) is 2.38. The van der Waals surface area contributed by atoms with Crippen LogP contribution in [-0.4, -0.2) is 4.98 Å². The number of benzene rings is 2. The van der Waals surface area contributed by atoms with Gasteiger partial charge in [-0.05, 0) is 24.6 Å². The molecule has 3 aromatic rings. The summed E-state index contributed by atoms with van der Waals surface area (Å²) >= 11 is 1.77. The summed E-state index contributed by atoms with van der Waals surface area (Å²) in [6.07, 6.45) is 0. The first-order chi connectivity index (χ1) is 8.25. The van der Waals surface area contributed by atoms with E-state index in [0.29, 0.717) is 0 Å². The molecule has 0 fully saturated rings. The first-order valence-electron chi connectivity index (χ1n) is 5.68. The van der Waals surface area contributed by atoms with Gasteiger partial charge in [-0.15, -0.1) is 11.3 Å². The molecule has 0 aliphatic heterocycles. The van der Waals surface area contributed by atoms with Gasteiger partial charge in [-0.25, -0.2) is 4.98 Å². The van der Waals surface area contributed by atoms with Gasteiger partial charge in [-0.1, -0.05) is 42.5 Å². The molecule has 3 rings (SSSR count). The fourth-order valence-corrected chi connectivity index (χ4v) is 2.95. The monoisotopic (exact) mass is 239 g/mol. The topological polar surface area (TPSA) is 12.9 Å². The second-order valence-corrected chi connectivity index (χ2v) is 5.39. The predicted octanol–water partition coefficient (Wildman–Crippen LogP) is 4.58. The van der Waals surface area contributed by atoms with Gasteiger partial charge in [0.15, 0.2) is 0 Å².